The van der Waals surface area contributed by atoms with Gasteiger partial charge >= 0.3 is 6.03 Å². The summed E-state index contributed by atoms with van der Waals surface area (Å²) in [5.41, 5.74) is -1.000. The number of urea groups is 1. The molecule has 0 saturated carbocycles. The smallest absolute Gasteiger partial charge is 0.318 e. The van der Waals surface area contributed by atoms with Crippen LogP contribution >= 0.6 is 0 Å². The average molecular weight is 352 g/mol. The normalized spacial score (nSPS) is 27.2. The highest BCUT2D eigenvalue weighted by molar-refractivity contribution is 7.86. The van der Waals surface area contributed by atoms with Crippen molar-refractivity contribution in [2.75, 3.05) is 13.1 Å². The van der Waals surface area contributed by atoms with Gasteiger partial charge in [0.1, 0.15) is 16.6 Å². The number of amides is 2. The number of nitrogens with zero attached hydrogens (tertiary/aromatic N) is 1. The lowest BCUT2D eigenvalue weighted by molar-refractivity contribution is 0.146. The molecule has 1 fully saturated rings. The van der Waals surface area contributed by atoms with Crippen LogP contribution in [-0.4, -0.2) is 42.2 Å². The number of hydrogen-bond acceptors (Lipinski definition) is 3. The Kier molecular flexibility index (Phi) is 4.18. The molecule has 1 aliphatic heterocycles. The van der Waals surface area contributed by atoms with Crippen molar-refractivity contribution in [1.82, 2.24) is 10.2 Å². The van der Waals surface area contributed by atoms with Crippen molar-refractivity contribution in [3.63, 3.8) is 0 Å². The lowest BCUT2D eigenvalue weighted by Crippen LogP contribution is -2.56. The van der Waals surface area contributed by atoms with Gasteiger partial charge in [-0.3, -0.25) is 4.55 Å². The molecule has 0 aromatic heterocycles. The second-order valence-electron chi connectivity index (χ2n) is 5.74. The number of halogens is 1. The number of benzene rings is 1. The summed E-state index contributed by atoms with van der Waals surface area (Å²) in [6.07, 6.45) is 6.13. The first-order chi connectivity index (χ1) is 11.3. The second kappa shape index (κ2) is 6.03. The van der Waals surface area contributed by atoms with Gasteiger partial charge < -0.3 is 10.2 Å². The number of nitrogens with one attached hydrogen (secondary N) is 1. The Bertz CT molecular complexity index is 805. The van der Waals surface area contributed by atoms with Crippen LogP contribution in [0.5, 0.6) is 0 Å². The molecular weight excluding hydrogens is 335 g/mol. The Labute approximate surface area is 139 Å². The van der Waals surface area contributed by atoms with Crippen LogP contribution in [0.15, 0.2) is 48.6 Å². The Morgan fingerprint density at radius 3 is 2.50 bits per heavy atom. The van der Waals surface area contributed by atoms with Crippen LogP contribution in [0.1, 0.15) is 12.0 Å². The molecule has 0 atom stereocenters. The van der Waals surface area contributed by atoms with Crippen molar-refractivity contribution in [3.05, 3.63) is 60.0 Å². The molecule has 6 nitrogen and oxygen atoms in total. The molecule has 3 rings (SSSR count). The summed E-state index contributed by atoms with van der Waals surface area (Å²) in [6.45, 7) is 0.926. The standard InChI is InChI=1S/C16H17FN2O4S/c17-14-5-2-1-4-13(14)16(19-11-3-10-18-15(19)20)8-6-12(7-9-16)24(21,22)23/h1-2,4-9,12H,3,10-11H2,(H,18,20)(H,21,22,23). The Hall–Kier alpha value is -2.19. The quantitative estimate of drug-likeness (QED) is 0.642. The van der Waals surface area contributed by atoms with Crippen LogP contribution in [0, 0.1) is 5.82 Å². The monoisotopic (exact) mass is 352 g/mol. The van der Waals surface area contributed by atoms with Gasteiger partial charge in [0.25, 0.3) is 10.1 Å². The van der Waals surface area contributed by atoms with E-state index < -0.39 is 26.7 Å². The van der Waals surface area contributed by atoms with Gasteiger partial charge in [-0.1, -0.05) is 42.5 Å². The minimum absolute atomic E-state index is 0.239. The molecule has 0 bridgehead atoms. The largest absolute Gasteiger partial charge is 0.338 e. The first kappa shape index (κ1) is 16.7. The van der Waals surface area contributed by atoms with E-state index in [4.69, 9.17) is 0 Å². The molecule has 1 aliphatic carbocycles. The minimum atomic E-state index is -4.30. The zero-order chi connectivity index (χ0) is 17.4. The van der Waals surface area contributed by atoms with Gasteiger partial charge in [-0.2, -0.15) is 8.42 Å². The molecule has 24 heavy (non-hydrogen) atoms. The number of hydrogen-bond donors (Lipinski definition) is 2. The molecule has 1 heterocycles. The van der Waals surface area contributed by atoms with Crippen LogP contribution in [0.2, 0.25) is 0 Å². The summed E-state index contributed by atoms with van der Waals surface area (Å²) in [4.78, 5) is 13.8. The molecule has 128 valence electrons. The fraction of sp³-hybridized carbons (Fsp3) is 0.312. The first-order valence-corrected chi connectivity index (χ1v) is 9.00. The molecule has 8 heteroatoms. The fourth-order valence-electron chi connectivity index (χ4n) is 3.07. The molecule has 0 radical (unpaired) electrons. The molecule has 2 N–H and O–H groups in total. The van der Waals surface area contributed by atoms with Crippen LogP contribution in [-0.2, 0) is 15.7 Å². The lowest BCUT2D eigenvalue weighted by atomic mass is 9.83. The van der Waals surface area contributed by atoms with E-state index in [1.54, 1.807) is 18.2 Å². The van der Waals surface area contributed by atoms with Crippen molar-refractivity contribution >= 4 is 16.1 Å². The molecule has 2 aliphatic rings. The SMILES string of the molecule is O=C1NCCCN1C1(c2ccccc2F)C=CC(S(=O)(=O)O)C=C1. The summed E-state index contributed by atoms with van der Waals surface area (Å²) < 4.78 is 46.3. The van der Waals surface area contributed by atoms with E-state index in [-0.39, 0.29) is 11.6 Å². The number of rotatable bonds is 3. The maximum absolute atomic E-state index is 14.4. The van der Waals surface area contributed by atoms with Gasteiger partial charge in [0.2, 0.25) is 0 Å². The molecule has 1 aromatic carbocycles. The van der Waals surface area contributed by atoms with Crippen molar-refractivity contribution in [2.24, 2.45) is 0 Å². The third-order valence-corrected chi connectivity index (χ3v) is 5.26. The highest BCUT2D eigenvalue weighted by Gasteiger charge is 2.42. The van der Waals surface area contributed by atoms with Crippen molar-refractivity contribution in [1.29, 1.82) is 0 Å². The molecule has 1 saturated heterocycles. The third-order valence-electron chi connectivity index (χ3n) is 4.26. The maximum atomic E-state index is 14.4. The summed E-state index contributed by atoms with van der Waals surface area (Å²) in [6, 6.07) is 5.68. The third kappa shape index (κ3) is 2.83. The van der Waals surface area contributed by atoms with Crippen LogP contribution in [0.25, 0.3) is 0 Å². The lowest BCUT2D eigenvalue weighted by Gasteiger charge is -2.44. The first-order valence-electron chi connectivity index (χ1n) is 7.50. The van der Waals surface area contributed by atoms with Gasteiger partial charge in [-0.15, -0.1) is 0 Å². The summed E-state index contributed by atoms with van der Waals surface area (Å²) in [5, 5.41) is 1.50. The topological polar surface area (TPSA) is 86.7 Å². The van der Waals surface area contributed by atoms with Gasteiger partial charge in [0.05, 0.1) is 0 Å². The van der Waals surface area contributed by atoms with Gasteiger partial charge in [-0.05, 0) is 12.5 Å². The maximum Gasteiger partial charge on any atom is 0.318 e. The van der Waals surface area contributed by atoms with Gasteiger partial charge in [0, 0.05) is 18.7 Å². The summed E-state index contributed by atoms with van der Waals surface area (Å²) >= 11 is 0. The molecule has 0 unspecified atom stereocenters. The second-order valence-corrected chi connectivity index (χ2v) is 7.31. The molecule has 1 aromatic rings. The van der Waals surface area contributed by atoms with E-state index in [0.29, 0.717) is 19.5 Å². The predicted molar refractivity (Wildman–Crippen MR) is 86.4 cm³/mol. The van der Waals surface area contributed by atoms with E-state index in [2.05, 4.69) is 5.32 Å². The zero-order valence-electron chi connectivity index (χ0n) is 12.7. The average Bonchev–Trinajstić information content (AvgIpc) is 2.55. The van der Waals surface area contributed by atoms with Crippen LogP contribution < -0.4 is 5.32 Å². The van der Waals surface area contributed by atoms with Crippen molar-refractivity contribution < 1.29 is 22.2 Å². The number of carbonyl (C=O) groups excluding carboxylic acids is 1. The van der Waals surface area contributed by atoms with Crippen molar-refractivity contribution in [2.45, 2.75) is 17.2 Å². The minimum Gasteiger partial charge on any atom is -0.338 e. The zero-order valence-corrected chi connectivity index (χ0v) is 13.5. The molecule has 0 spiro atoms. The highest BCUT2D eigenvalue weighted by atomic mass is 32.2. The van der Waals surface area contributed by atoms with Gasteiger partial charge in [0.15, 0.2) is 0 Å². The van der Waals surface area contributed by atoms with Crippen LogP contribution in [0.4, 0.5) is 9.18 Å². The van der Waals surface area contributed by atoms with E-state index >= 15 is 0 Å². The molecular formula is C16H17FN2O4S. The highest BCUT2D eigenvalue weighted by Crippen LogP contribution is 2.37. The van der Waals surface area contributed by atoms with Gasteiger partial charge in [-0.25, -0.2) is 9.18 Å². The molecule has 2 amide bonds. The summed E-state index contributed by atoms with van der Waals surface area (Å²) in [7, 11) is -4.30. The van der Waals surface area contributed by atoms with Crippen LogP contribution in [0.3, 0.4) is 0 Å². The summed E-state index contributed by atoms with van der Waals surface area (Å²) in [5.74, 6) is -0.504. The van der Waals surface area contributed by atoms with E-state index in [0.717, 1.165) is 0 Å². The fourth-order valence-corrected chi connectivity index (χ4v) is 3.63. The predicted octanol–water partition coefficient (Wildman–Crippen LogP) is 1.82. The van der Waals surface area contributed by atoms with E-state index in [1.807, 2.05) is 0 Å². The Morgan fingerprint density at radius 1 is 1.25 bits per heavy atom. The number of carbonyl (C=O) groups is 1. The Morgan fingerprint density at radius 2 is 1.92 bits per heavy atom. The van der Waals surface area contributed by atoms with Crippen molar-refractivity contribution in [3.8, 4) is 0 Å². The van der Waals surface area contributed by atoms with E-state index in [1.165, 1.54) is 35.3 Å². The Balaban J connectivity index is 2.12. The van der Waals surface area contributed by atoms with E-state index in [9.17, 15) is 22.2 Å².